The van der Waals surface area contributed by atoms with Crippen LogP contribution in [0.2, 0.25) is 0 Å². The van der Waals surface area contributed by atoms with E-state index in [-0.39, 0.29) is 5.92 Å². The van der Waals surface area contributed by atoms with Crippen LogP contribution in [0.4, 0.5) is 0 Å². The standard InChI is InChI=1S/C15H23NO2/c1-12-6-4-5-7-14(12)9-11-16(3)10-8-13(2)15(17)18/h4-7,13H,8-11H2,1-3H3,(H,17,18). The molecule has 0 aliphatic carbocycles. The van der Waals surface area contributed by atoms with Crippen LogP contribution >= 0.6 is 0 Å². The molecule has 100 valence electrons. The molecule has 0 amide bonds. The Morgan fingerprint density at radius 2 is 2.00 bits per heavy atom. The molecular formula is C15H23NO2. The van der Waals surface area contributed by atoms with Gasteiger partial charge < -0.3 is 10.0 Å². The number of aliphatic carboxylic acids is 1. The van der Waals surface area contributed by atoms with E-state index in [2.05, 4.69) is 36.1 Å². The highest BCUT2D eigenvalue weighted by atomic mass is 16.4. The Balaban J connectivity index is 2.31. The molecular weight excluding hydrogens is 226 g/mol. The molecule has 3 heteroatoms. The quantitative estimate of drug-likeness (QED) is 0.807. The first kappa shape index (κ1) is 14.7. The lowest BCUT2D eigenvalue weighted by atomic mass is 10.1. The van der Waals surface area contributed by atoms with Gasteiger partial charge in [0.25, 0.3) is 0 Å². The SMILES string of the molecule is Cc1ccccc1CCN(C)CCC(C)C(=O)O. The van der Waals surface area contributed by atoms with Gasteiger partial charge in [0.2, 0.25) is 0 Å². The average molecular weight is 249 g/mol. The second kappa shape index (κ2) is 7.17. The first-order valence-electron chi connectivity index (χ1n) is 6.46. The van der Waals surface area contributed by atoms with Crippen LogP contribution in [-0.2, 0) is 11.2 Å². The van der Waals surface area contributed by atoms with Gasteiger partial charge >= 0.3 is 5.97 Å². The minimum absolute atomic E-state index is 0.258. The number of likely N-dealkylation sites (N-methyl/N-ethyl adjacent to an activating group) is 1. The number of aryl methyl sites for hydroxylation is 1. The van der Waals surface area contributed by atoms with Gasteiger partial charge in [-0.3, -0.25) is 4.79 Å². The van der Waals surface area contributed by atoms with Gasteiger partial charge in [-0.05, 0) is 44.5 Å². The highest BCUT2D eigenvalue weighted by Crippen LogP contribution is 2.09. The van der Waals surface area contributed by atoms with Crippen LogP contribution in [-0.4, -0.2) is 36.1 Å². The second-order valence-electron chi connectivity index (χ2n) is 5.01. The maximum absolute atomic E-state index is 10.7. The van der Waals surface area contributed by atoms with E-state index >= 15 is 0 Å². The van der Waals surface area contributed by atoms with Crippen molar-refractivity contribution in [1.29, 1.82) is 0 Å². The van der Waals surface area contributed by atoms with E-state index in [1.54, 1.807) is 6.92 Å². The summed E-state index contributed by atoms with van der Waals surface area (Å²) in [6.45, 7) is 5.69. The fourth-order valence-electron chi connectivity index (χ4n) is 1.85. The summed E-state index contributed by atoms with van der Waals surface area (Å²) in [7, 11) is 2.05. The molecule has 0 radical (unpaired) electrons. The van der Waals surface area contributed by atoms with Crippen LogP contribution in [0.25, 0.3) is 0 Å². The summed E-state index contributed by atoms with van der Waals surface area (Å²) in [5.41, 5.74) is 2.69. The third-order valence-corrected chi connectivity index (χ3v) is 3.39. The summed E-state index contributed by atoms with van der Waals surface area (Å²) in [5.74, 6) is -0.965. The van der Waals surface area contributed by atoms with Crippen LogP contribution < -0.4 is 0 Å². The number of hydrogen-bond donors (Lipinski definition) is 1. The van der Waals surface area contributed by atoms with Crippen LogP contribution in [0.15, 0.2) is 24.3 Å². The summed E-state index contributed by atoms with van der Waals surface area (Å²) >= 11 is 0. The van der Waals surface area contributed by atoms with E-state index in [0.717, 1.165) is 19.5 Å². The van der Waals surface area contributed by atoms with Gasteiger partial charge in [0.05, 0.1) is 5.92 Å². The topological polar surface area (TPSA) is 40.5 Å². The lowest BCUT2D eigenvalue weighted by molar-refractivity contribution is -0.141. The zero-order chi connectivity index (χ0) is 13.5. The van der Waals surface area contributed by atoms with Crippen molar-refractivity contribution >= 4 is 5.97 Å². The van der Waals surface area contributed by atoms with E-state index in [0.29, 0.717) is 6.42 Å². The molecule has 0 saturated carbocycles. The van der Waals surface area contributed by atoms with Crippen LogP contribution in [0.1, 0.15) is 24.5 Å². The number of carboxylic acids is 1. The molecule has 3 nitrogen and oxygen atoms in total. The number of rotatable bonds is 7. The Hall–Kier alpha value is -1.35. The first-order chi connectivity index (χ1) is 8.50. The van der Waals surface area contributed by atoms with Crippen LogP contribution in [0, 0.1) is 12.8 Å². The van der Waals surface area contributed by atoms with Crippen LogP contribution in [0.3, 0.4) is 0 Å². The third-order valence-electron chi connectivity index (χ3n) is 3.39. The van der Waals surface area contributed by atoms with E-state index in [1.807, 2.05) is 7.05 Å². The number of benzene rings is 1. The molecule has 0 bridgehead atoms. The molecule has 1 aromatic rings. The zero-order valence-corrected chi connectivity index (χ0v) is 11.5. The average Bonchev–Trinajstić information content (AvgIpc) is 2.34. The molecule has 0 aliphatic rings. The third kappa shape index (κ3) is 4.88. The lowest BCUT2D eigenvalue weighted by Gasteiger charge is -2.18. The molecule has 1 unspecified atom stereocenters. The molecule has 1 N–H and O–H groups in total. The molecule has 1 rings (SSSR count). The predicted molar refractivity (Wildman–Crippen MR) is 73.8 cm³/mol. The van der Waals surface area contributed by atoms with Gasteiger partial charge in [-0.25, -0.2) is 0 Å². The summed E-state index contributed by atoms with van der Waals surface area (Å²) in [6, 6.07) is 8.40. The number of nitrogens with zero attached hydrogens (tertiary/aromatic N) is 1. The monoisotopic (exact) mass is 249 g/mol. The Kier molecular flexibility index (Phi) is 5.86. The molecule has 0 aromatic heterocycles. The maximum Gasteiger partial charge on any atom is 0.306 e. The van der Waals surface area contributed by atoms with E-state index in [4.69, 9.17) is 5.11 Å². The fraction of sp³-hybridized carbons (Fsp3) is 0.533. The Labute approximate surface area is 109 Å². The Bertz CT molecular complexity index is 390. The smallest absolute Gasteiger partial charge is 0.306 e. The summed E-state index contributed by atoms with van der Waals surface area (Å²) in [6.07, 6.45) is 1.73. The van der Waals surface area contributed by atoms with E-state index in [9.17, 15) is 4.79 Å². The van der Waals surface area contributed by atoms with Gasteiger partial charge in [-0.2, -0.15) is 0 Å². The summed E-state index contributed by atoms with van der Waals surface area (Å²) < 4.78 is 0. The number of hydrogen-bond acceptors (Lipinski definition) is 2. The lowest BCUT2D eigenvalue weighted by Crippen LogP contribution is -2.25. The molecule has 0 aliphatic heterocycles. The van der Waals surface area contributed by atoms with Crippen molar-refractivity contribution in [3.63, 3.8) is 0 Å². The molecule has 0 heterocycles. The van der Waals surface area contributed by atoms with Gasteiger partial charge in [-0.1, -0.05) is 31.2 Å². The minimum atomic E-state index is -0.706. The Morgan fingerprint density at radius 3 is 2.61 bits per heavy atom. The second-order valence-corrected chi connectivity index (χ2v) is 5.01. The van der Waals surface area contributed by atoms with Crippen molar-refractivity contribution in [2.75, 3.05) is 20.1 Å². The molecule has 0 spiro atoms. The van der Waals surface area contributed by atoms with Gasteiger partial charge in [0.15, 0.2) is 0 Å². The summed E-state index contributed by atoms with van der Waals surface area (Å²) in [4.78, 5) is 12.9. The van der Waals surface area contributed by atoms with Gasteiger partial charge in [0, 0.05) is 6.54 Å². The van der Waals surface area contributed by atoms with Gasteiger partial charge in [-0.15, -0.1) is 0 Å². The maximum atomic E-state index is 10.7. The first-order valence-corrected chi connectivity index (χ1v) is 6.46. The van der Waals surface area contributed by atoms with Crippen molar-refractivity contribution in [3.05, 3.63) is 35.4 Å². The Morgan fingerprint density at radius 1 is 1.33 bits per heavy atom. The molecule has 1 atom stereocenters. The van der Waals surface area contributed by atoms with Crippen molar-refractivity contribution in [3.8, 4) is 0 Å². The van der Waals surface area contributed by atoms with E-state index in [1.165, 1.54) is 11.1 Å². The normalized spacial score (nSPS) is 12.7. The molecule has 0 saturated heterocycles. The fourth-order valence-corrected chi connectivity index (χ4v) is 1.85. The van der Waals surface area contributed by atoms with Crippen molar-refractivity contribution in [2.24, 2.45) is 5.92 Å². The van der Waals surface area contributed by atoms with Crippen LogP contribution in [0.5, 0.6) is 0 Å². The predicted octanol–water partition coefficient (Wildman–Crippen LogP) is 2.58. The molecule has 18 heavy (non-hydrogen) atoms. The molecule has 0 fully saturated rings. The highest BCUT2D eigenvalue weighted by Gasteiger charge is 2.11. The minimum Gasteiger partial charge on any atom is -0.481 e. The van der Waals surface area contributed by atoms with Crippen molar-refractivity contribution < 1.29 is 9.90 Å². The van der Waals surface area contributed by atoms with Crippen molar-refractivity contribution in [1.82, 2.24) is 4.90 Å². The summed E-state index contributed by atoms with van der Waals surface area (Å²) in [5, 5.41) is 8.82. The van der Waals surface area contributed by atoms with Gasteiger partial charge in [0.1, 0.15) is 0 Å². The highest BCUT2D eigenvalue weighted by molar-refractivity contribution is 5.69. The number of carbonyl (C=O) groups is 1. The number of carboxylic acid groups (broad SMARTS) is 1. The zero-order valence-electron chi connectivity index (χ0n) is 11.5. The van der Waals surface area contributed by atoms with E-state index < -0.39 is 5.97 Å². The molecule has 1 aromatic carbocycles. The van der Waals surface area contributed by atoms with Crippen molar-refractivity contribution in [2.45, 2.75) is 26.7 Å². The largest absolute Gasteiger partial charge is 0.481 e.